The third kappa shape index (κ3) is 2.42. The van der Waals surface area contributed by atoms with Gasteiger partial charge in [0.15, 0.2) is 0 Å². The lowest BCUT2D eigenvalue weighted by Gasteiger charge is -2.12. The van der Waals surface area contributed by atoms with Gasteiger partial charge in [-0.15, -0.1) is 0 Å². The molecule has 0 saturated carbocycles. The van der Waals surface area contributed by atoms with E-state index in [2.05, 4.69) is 0 Å². The van der Waals surface area contributed by atoms with Gasteiger partial charge in [-0.2, -0.15) is 26.3 Å². The normalized spacial score (nSPS) is 13.0. The Hall–Kier alpha value is -1.34. The van der Waals surface area contributed by atoms with Crippen LogP contribution in [0.4, 0.5) is 35.1 Å². The van der Waals surface area contributed by atoms with Gasteiger partial charge in [0.2, 0.25) is 0 Å². The molecule has 90 valence electrons. The van der Waals surface area contributed by atoms with Crippen molar-refractivity contribution in [2.75, 3.05) is 0 Å². The van der Waals surface area contributed by atoms with Crippen LogP contribution in [0.2, 0.25) is 0 Å². The molecule has 0 atom stereocenters. The second-order valence-electron chi connectivity index (χ2n) is 2.81. The molecule has 0 aliphatic heterocycles. The molecule has 0 radical (unpaired) electrons. The predicted molar refractivity (Wildman–Crippen MR) is 36.4 cm³/mol. The summed E-state index contributed by atoms with van der Waals surface area (Å²) >= 11 is 0. The zero-order valence-electron chi connectivity index (χ0n) is 7.18. The Morgan fingerprint density at radius 1 is 0.688 bits per heavy atom. The zero-order chi connectivity index (χ0) is 12.7. The molecule has 0 heterocycles. The Kier molecular flexibility index (Phi) is 2.86. The molecule has 0 bridgehead atoms. The molecule has 0 unspecified atom stereocenters. The van der Waals surface area contributed by atoms with Crippen LogP contribution in [0.15, 0.2) is 12.1 Å². The van der Waals surface area contributed by atoms with Crippen LogP contribution in [-0.2, 0) is 12.4 Å². The maximum absolute atomic E-state index is 12.7. The van der Waals surface area contributed by atoms with Crippen molar-refractivity contribution in [3.63, 3.8) is 0 Å². The summed E-state index contributed by atoms with van der Waals surface area (Å²) in [7, 11) is 0. The van der Waals surface area contributed by atoms with E-state index in [0.717, 1.165) is 0 Å². The summed E-state index contributed by atoms with van der Waals surface area (Å²) < 4.78 is 97.2. The summed E-state index contributed by atoms with van der Waals surface area (Å²) in [5.41, 5.74) is -4.14. The van der Waals surface area contributed by atoms with Gasteiger partial charge in [-0.25, -0.2) is 8.78 Å². The van der Waals surface area contributed by atoms with Crippen LogP contribution < -0.4 is 0 Å². The van der Waals surface area contributed by atoms with Crippen molar-refractivity contribution in [2.45, 2.75) is 12.4 Å². The Morgan fingerprint density at radius 3 is 1.31 bits per heavy atom. The minimum absolute atomic E-state index is 0.397. The second-order valence-corrected chi connectivity index (χ2v) is 2.81. The maximum atomic E-state index is 12.7. The van der Waals surface area contributed by atoms with Crippen molar-refractivity contribution < 1.29 is 35.1 Å². The lowest BCUT2D eigenvalue weighted by Crippen LogP contribution is -2.14. The first-order valence-corrected chi connectivity index (χ1v) is 3.67. The highest BCUT2D eigenvalue weighted by Crippen LogP contribution is 2.37. The molecule has 1 aromatic rings. The topological polar surface area (TPSA) is 0 Å². The van der Waals surface area contributed by atoms with E-state index in [1.165, 1.54) is 0 Å². The largest absolute Gasteiger partial charge is 0.422 e. The summed E-state index contributed by atoms with van der Waals surface area (Å²) in [5, 5.41) is 0. The highest BCUT2D eigenvalue weighted by molar-refractivity contribution is 5.29. The van der Waals surface area contributed by atoms with Gasteiger partial charge in [0.05, 0.1) is 5.56 Å². The fourth-order valence-corrected chi connectivity index (χ4v) is 1.01. The first-order chi connectivity index (χ1) is 7.03. The number of benzene rings is 1. The smallest absolute Gasteiger partial charge is 0.206 e. The number of alkyl halides is 6. The molecule has 0 nitrogen and oxygen atoms in total. The molecule has 1 aromatic carbocycles. The molecular formula is C8H2F8. The van der Waals surface area contributed by atoms with E-state index in [9.17, 15) is 35.1 Å². The number of hydrogen-bond donors (Lipinski definition) is 0. The highest BCUT2D eigenvalue weighted by atomic mass is 19.4. The van der Waals surface area contributed by atoms with Gasteiger partial charge in [-0.3, -0.25) is 0 Å². The molecule has 0 N–H and O–H groups in total. The van der Waals surface area contributed by atoms with E-state index in [0.29, 0.717) is 0 Å². The SMILES string of the molecule is Fc1cc(C(F)(F)F)cc(F)c1C(F)(F)F. The van der Waals surface area contributed by atoms with Crippen molar-refractivity contribution in [3.8, 4) is 0 Å². The van der Waals surface area contributed by atoms with E-state index < -0.39 is 47.2 Å². The van der Waals surface area contributed by atoms with Crippen LogP contribution in [0.25, 0.3) is 0 Å². The molecule has 0 saturated heterocycles. The molecule has 0 spiro atoms. The van der Waals surface area contributed by atoms with E-state index in [1.54, 1.807) is 0 Å². The van der Waals surface area contributed by atoms with E-state index in [4.69, 9.17) is 0 Å². The summed E-state index contributed by atoms with van der Waals surface area (Å²) in [6.07, 6.45) is -10.5. The monoisotopic (exact) mass is 250 g/mol. The zero-order valence-corrected chi connectivity index (χ0v) is 7.18. The van der Waals surface area contributed by atoms with Crippen LogP contribution in [0.5, 0.6) is 0 Å². The molecule has 16 heavy (non-hydrogen) atoms. The standard InChI is InChI=1S/C8H2F8/c9-4-1-3(7(11,12)13)2-5(10)6(4)8(14,15)16/h1-2H. The summed E-state index contributed by atoms with van der Waals surface area (Å²) in [6.45, 7) is 0. The van der Waals surface area contributed by atoms with Gasteiger partial charge in [0.25, 0.3) is 0 Å². The van der Waals surface area contributed by atoms with Crippen LogP contribution >= 0.6 is 0 Å². The van der Waals surface area contributed by atoms with Gasteiger partial charge < -0.3 is 0 Å². The quantitative estimate of drug-likeness (QED) is 0.610. The van der Waals surface area contributed by atoms with Gasteiger partial charge in [0.1, 0.15) is 17.2 Å². The molecule has 0 aromatic heterocycles. The Morgan fingerprint density at radius 2 is 1.06 bits per heavy atom. The van der Waals surface area contributed by atoms with Crippen molar-refractivity contribution in [1.82, 2.24) is 0 Å². The summed E-state index contributed by atoms with van der Waals surface area (Å²) in [5.74, 6) is -4.58. The highest BCUT2D eigenvalue weighted by Gasteiger charge is 2.40. The Bertz CT molecular complexity index is 376. The predicted octanol–water partition coefficient (Wildman–Crippen LogP) is 4.00. The second kappa shape index (κ2) is 3.60. The lowest BCUT2D eigenvalue weighted by atomic mass is 10.1. The van der Waals surface area contributed by atoms with Crippen molar-refractivity contribution >= 4 is 0 Å². The average Bonchev–Trinajstić information content (AvgIpc) is 1.97. The van der Waals surface area contributed by atoms with Crippen LogP contribution in [0, 0.1) is 11.6 Å². The molecule has 8 heteroatoms. The van der Waals surface area contributed by atoms with Gasteiger partial charge in [-0.05, 0) is 12.1 Å². The van der Waals surface area contributed by atoms with Crippen molar-refractivity contribution in [1.29, 1.82) is 0 Å². The van der Waals surface area contributed by atoms with E-state index >= 15 is 0 Å². The lowest BCUT2D eigenvalue weighted by molar-refractivity contribution is -0.145. The summed E-state index contributed by atoms with van der Waals surface area (Å²) in [6, 6.07) is -0.794. The first-order valence-electron chi connectivity index (χ1n) is 3.67. The van der Waals surface area contributed by atoms with Gasteiger partial charge in [-0.1, -0.05) is 0 Å². The Labute approximate surface area is 83.5 Å². The maximum Gasteiger partial charge on any atom is 0.422 e. The fraction of sp³-hybridized carbons (Fsp3) is 0.250. The van der Waals surface area contributed by atoms with Crippen LogP contribution in [0.1, 0.15) is 11.1 Å². The van der Waals surface area contributed by atoms with Crippen molar-refractivity contribution in [2.24, 2.45) is 0 Å². The molecule has 0 fully saturated rings. The summed E-state index contributed by atoms with van der Waals surface area (Å²) in [4.78, 5) is 0. The Balaban J connectivity index is 3.41. The van der Waals surface area contributed by atoms with Crippen LogP contribution in [0.3, 0.4) is 0 Å². The fourth-order valence-electron chi connectivity index (χ4n) is 1.01. The molecule has 1 rings (SSSR count). The molecular weight excluding hydrogens is 248 g/mol. The molecule has 0 aliphatic carbocycles. The van der Waals surface area contributed by atoms with Gasteiger partial charge in [0, 0.05) is 0 Å². The third-order valence-electron chi connectivity index (χ3n) is 1.65. The first kappa shape index (κ1) is 12.7. The third-order valence-corrected chi connectivity index (χ3v) is 1.65. The van der Waals surface area contributed by atoms with Crippen molar-refractivity contribution in [3.05, 3.63) is 34.9 Å². The average molecular weight is 250 g/mol. The van der Waals surface area contributed by atoms with Gasteiger partial charge >= 0.3 is 12.4 Å². The number of hydrogen-bond acceptors (Lipinski definition) is 0. The molecule has 0 amide bonds. The molecule has 0 aliphatic rings. The van der Waals surface area contributed by atoms with E-state index in [-0.39, 0.29) is 0 Å². The minimum Gasteiger partial charge on any atom is -0.206 e. The van der Waals surface area contributed by atoms with Crippen LogP contribution in [-0.4, -0.2) is 0 Å². The number of halogens is 8. The minimum atomic E-state index is -5.38. The van der Waals surface area contributed by atoms with E-state index in [1.807, 2.05) is 0 Å². The number of rotatable bonds is 0.